The number of hydrogen-bond donors (Lipinski definition) is 3. The van der Waals surface area contributed by atoms with Crippen molar-refractivity contribution in [2.24, 2.45) is 12.8 Å². The van der Waals surface area contributed by atoms with Gasteiger partial charge < -0.3 is 20.6 Å². The molecular formula is C24H22N8O7S2. The number of carbonyl (C=O) groups excluding carboxylic acids is 4. The highest BCUT2D eigenvalue weighted by Gasteiger charge is 2.55. The molecule has 2 aromatic heterocycles. The average Bonchev–Trinajstić information content (AvgIpc) is 3.64. The van der Waals surface area contributed by atoms with Crippen LogP contribution in [0.3, 0.4) is 0 Å². The minimum absolute atomic E-state index is 0.00926. The lowest BCUT2D eigenvalue weighted by Gasteiger charge is -2.49. The molecule has 41 heavy (non-hydrogen) atoms. The lowest BCUT2D eigenvalue weighted by Crippen LogP contribution is -2.71. The Kier molecular flexibility index (Phi) is 7.80. The second-order valence-corrected chi connectivity index (χ2v) is 10.9. The zero-order valence-electron chi connectivity index (χ0n) is 21.2. The van der Waals surface area contributed by atoms with Crippen molar-refractivity contribution in [1.29, 1.82) is 0 Å². The Morgan fingerprint density at radius 3 is 2.63 bits per heavy atom. The molecule has 4 heterocycles. The average molecular weight is 599 g/mol. The number of nitrogens with two attached hydrogens (primary N) is 1. The predicted molar refractivity (Wildman–Crippen MR) is 143 cm³/mol. The molecule has 1 aromatic carbocycles. The van der Waals surface area contributed by atoms with Crippen LogP contribution in [0.15, 0.2) is 69.8 Å². The fraction of sp³-hybridized carbons (Fsp3) is 0.250. The first-order valence-electron chi connectivity index (χ1n) is 11.9. The third-order valence-electron chi connectivity index (χ3n) is 6.35. The summed E-state index contributed by atoms with van der Waals surface area (Å²) in [5, 5.41) is 23.5. The summed E-state index contributed by atoms with van der Waals surface area (Å²) >= 11 is 2.50. The van der Waals surface area contributed by atoms with Gasteiger partial charge in [-0.3, -0.25) is 19.3 Å². The van der Waals surface area contributed by atoms with Gasteiger partial charge in [0, 0.05) is 18.6 Å². The second-order valence-electron chi connectivity index (χ2n) is 8.87. The van der Waals surface area contributed by atoms with E-state index in [0.29, 0.717) is 15.6 Å². The number of nitrogens with zero attached hydrogens (tertiary/aromatic N) is 6. The molecule has 4 N–H and O–H groups in total. The number of aromatic nitrogens is 4. The fourth-order valence-electron chi connectivity index (χ4n) is 4.44. The number of carbonyl (C=O) groups is 5. The largest absolute Gasteiger partial charge is 0.477 e. The number of fused-ring (bicyclic) bond motifs is 1. The summed E-state index contributed by atoms with van der Waals surface area (Å²) in [6, 6.07) is 5.50. The number of benzene rings is 1. The van der Waals surface area contributed by atoms with Crippen LogP contribution in [0.2, 0.25) is 0 Å². The maximum Gasteiger partial charge on any atom is 0.352 e. The smallest absolute Gasteiger partial charge is 0.352 e. The number of carboxylic acids is 1. The van der Waals surface area contributed by atoms with Crippen LogP contribution in [0, 0.1) is 0 Å². The van der Waals surface area contributed by atoms with E-state index in [0.717, 1.165) is 11.2 Å². The molecule has 17 heteroatoms. The van der Waals surface area contributed by atoms with E-state index in [-0.39, 0.29) is 28.3 Å². The molecule has 0 aliphatic carbocycles. The van der Waals surface area contributed by atoms with Crippen LogP contribution in [0.5, 0.6) is 0 Å². The Labute approximate surface area is 240 Å². The summed E-state index contributed by atoms with van der Waals surface area (Å²) < 4.78 is 6.39. The molecule has 1 unspecified atom stereocenters. The monoisotopic (exact) mass is 598 g/mol. The number of amides is 5. The SMILES string of the molecule is Cn1nnnc1SCC1=C(C(=O)O)N2C(=O)[C@H](NC(=O)C(c3ccccc3)N(C(N)=O)C(=O)c3ccoc3)[C@@H]2SC1. The number of furan rings is 1. The number of aliphatic carboxylic acids is 1. The molecule has 212 valence electrons. The van der Waals surface area contributed by atoms with Gasteiger partial charge in [0.05, 0.1) is 11.8 Å². The fourth-order valence-corrected chi connectivity index (χ4v) is 6.78. The summed E-state index contributed by atoms with van der Waals surface area (Å²) in [4.78, 5) is 66.5. The molecule has 5 amide bonds. The third-order valence-corrected chi connectivity index (χ3v) is 8.79. The first kappa shape index (κ1) is 27.9. The molecule has 0 saturated carbocycles. The number of primary amides is 1. The number of imide groups is 1. The highest BCUT2D eigenvalue weighted by Crippen LogP contribution is 2.41. The van der Waals surface area contributed by atoms with E-state index in [1.54, 1.807) is 25.2 Å². The maximum atomic E-state index is 13.7. The Morgan fingerprint density at radius 1 is 1.27 bits per heavy atom. The number of carboxylic acid groups (broad SMARTS) is 1. The van der Waals surface area contributed by atoms with Crippen LogP contribution < -0.4 is 11.1 Å². The lowest BCUT2D eigenvalue weighted by atomic mass is 10.00. The maximum absolute atomic E-state index is 13.7. The molecule has 2 aliphatic rings. The topological polar surface area (TPSA) is 207 Å². The zero-order valence-corrected chi connectivity index (χ0v) is 22.9. The number of hydrogen-bond acceptors (Lipinski definition) is 11. The number of rotatable bonds is 9. The third kappa shape index (κ3) is 5.28. The summed E-state index contributed by atoms with van der Waals surface area (Å²) in [7, 11) is 1.65. The molecule has 3 aromatic rings. The lowest BCUT2D eigenvalue weighted by molar-refractivity contribution is -0.151. The van der Waals surface area contributed by atoms with Crippen molar-refractivity contribution in [1.82, 2.24) is 35.3 Å². The number of aryl methyl sites for hydroxylation is 1. The summed E-state index contributed by atoms with van der Waals surface area (Å²) in [6.45, 7) is 0. The first-order valence-corrected chi connectivity index (χ1v) is 14.0. The molecule has 3 atom stereocenters. The minimum Gasteiger partial charge on any atom is -0.477 e. The van der Waals surface area contributed by atoms with Crippen LogP contribution in [0.1, 0.15) is 22.0 Å². The van der Waals surface area contributed by atoms with Crippen molar-refractivity contribution in [2.45, 2.75) is 22.6 Å². The molecule has 1 saturated heterocycles. The van der Waals surface area contributed by atoms with Crippen molar-refractivity contribution >= 4 is 53.2 Å². The number of β-lactam (4-membered cyclic amide) rings is 1. The molecule has 15 nitrogen and oxygen atoms in total. The van der Waals surface area contributed by atoms with Gasteiger partial charge in [0.15, 0.2) is 0 Å². The van der Waals surface area contributed by atoms with E-state index in [4.69, 9.17) is 10.2 Å². The van der Waals surface area contributed by atoms with Crippen LogP contribution in [-0.4, -0.2) is 87.8 Å². The van der Waals surface area contributed by atoms with Crippen LogP contribution in [0.4, 0.5) is 4.79 Å². The van der Waals surface area contributed by atoms with Crippen LogP contribution in [-0.2, 0) is 21.4 Å². The number of tetrazole rings is 1. The molecule has 5 rings (SSSR count). The Bertz CT molecular complexity index is 1540. The van der Waals surface area contributed by atoms with Crippen LogP contribution >= 0.6 is 23.5 Å². The predicted octanol–water partition coefficient (Wildman–Crippen LogP) is 0.596. The molecular weight excluding hydrogens is 576 g/mol. The van der Waals surface area contributed by atoms with Gasteiger partial charge in [0.1, 0.15) is 29.4 Å². The normalized spacial score (nSPS) is 18.8. The molecule has 0 spiro atoms. The van der Waals surface area contributed by atoms with E-state index < -0.39 is 47.2 Å². The van der Waals surface area contributed by atoms with Gasteiger partial charge in [-0.2, -0.15) is 0 Å². The molecule has 0 radical (unpaired) electrons. The Hall–Kier alpha value is -4.64. The van der Waals surface area contributed by atoms with Gasteiger partial charge in [0.2, 0.25) is 11.1 Å². The molecule has 0 bridgehead atoms. The van der Waals surface area contributed by atoms with Gasteiger partial charge >= 0.3 is 12.0 Å². The second kappa shape index (κ2) is 11.5. The Morgan fingerprint density at radius 2 is 2.02 bits per heavy atom. The van der Waals surface area contributed by atoms with Crippen molar-refractivity contribution in [3.63, 3.8) is 0 Å². The van der Waals surface area contributed by atoms with E-state index in [1.165, 1.54) is 52.7 Å². The Balaban J connectivity index is 1.38. The van der Waals surface area contributed by atoms with Gasteiger partial charge in [-0.15, -0.1) is 16.9 Å². The van der Waals surface area contributed by atoms with Crippen LogP contribution in [0.25, 0.3) is 0 Å². The van der Waals surface area contributed by atoms with Gasteiger partial charge in [-0.05, 0) is 27.6 Å². The van der Waals surface area contributed by atoms with Crippen molar-refractivity contribution in [2.75, 3.05) is 11.5 Å². The van der Waals surface area contributed by atoms with Gasteiger partial charge in [-0.1, -0.05) is 42.1 Å². The number of thioether (sulfide) groups is 2. The van der Waals surface area contributed by atoms with E-state index >= 15 is 0 Å². The number of nitrogens with one attached hydrogen (secondary N) is 1. The van der Waals surface area contributed by atoms with Crippen molar-refractivity contribution in [3.8, 4) is 0 Å². The van der Waals surface area contributed by atoms with E-state index in [9.17, 15) is 29.1 Å². The molecule has 2 aliphatic heterocycles. The highest BCUT2D eigenvalue weighted by atomic mass is 32.2. The summed E-state index contributed by atoms with van der Waals surface area (Å²) in [5.41, 5.74) is 6.15. The van der Waals surface area contributed by atoms with Crippen molar-refractivity contribution in [3.05, 3.63) is 71.3 Å². The minimum atomic E-state index is -1.52. The first-order chi connectivity index (χ1) is 19.7. The highest BCUT2D eigenvalue weighted by molar-refractivity contribution is 8.01. The van der Waals surface area contributed by atoms with Gasteiger partial charge in [0.25, 0.3) is 11.8 Å². The van der Waals surface area contributed by atoms with E-state index in [1.807, 2.05) is 0 Å². The number of urea groups is 1. The summed E-state index contributed by atoms with van der Waals surface area (Å²) in [5.74, 6) is -3.14. The quantitative estimate of drug-likeness (QED) is 0.229. The van der Waals surface area contributed by atoms with Crippen molar-refractivity contribution < 1.29 is 33.5 Å². The van der Waals surface area contributed by atoms with E-state index in [2.05, 4.69) is 20.8 Å². The summed E-state index contributed by atoms with van der Waals surface area (Å²) in [6.07, 6.45) is 2.34. The standard InChI is InChI=1S/C24H22N8O7S2/c1-30-24(27-28-29-30)41-11-14-10-40-21-15(20(35)31(21)17(14)22(36)37)26-18(33)16(12-5-3-2-4-6-12)32(23(25)38)19(34)13-7-8-39-9-13/h2-9,15-16,21H,10-11H2,1H3,(H2,25,38)(H,26,33)(H,36,37)/t15-,16?,21-/m0/s1. The molecule has 1 fully saturated rings. The van der Waals surface area contributed by atoms with Gasteiger partial charge in [-0.25, -0.2) is 19.2 Å². The zero-order chi connectivity index (χ0) is 29.3.